The molecule has 1 N–H and O–H groups in total. The Bertz CT molecular complexity index is 531. The highest BCUT2D eigenvalue weighted by atomic mass is 16.2. The first kappa shape index (κ1) is 16.9. The molecule has 7 nitrogen and oxygen atoms in total. The highest BCUT2D eigenvalue weighted by Gasteiger charge is 2.31. The second-order valence-corrected chi connectivity index (χ2v) is 6.88. The van der Waals surface area contributed by atoms with Gasteiger partial charge in [-0.15, -0.1) is 0 Å². The monoisotopic (exact) mass is 333 g/mol. The maximum atomic E-state index is 12.4. The van der Waals surface area contributed by atoms with Gasteiger partial charge in [-0.2, -0.15) is 5.10 Å². The van der Waals surface area contributed by atoms with Crippen molar-refractivity contribution in [2.75, 3.05) is 19.6 Å². The van der Waals surface area contributed by atoms with Crippen LogP contribution < -0.4 is 5.32 Å². The van der Waals surface area contributed by atoms with Crippen LogP contribution in [0.15, 0.2) is 12.7 Å². The van der Waals surface area contributed by atoms with Crippen LogP contribution in [0.25, 0.3) is 0 Å². The number of aryl methyl sites for hydroxylation is 1. The fourth-order valence-corrected chi connectivity index (χ4v) is 3.74. The Hall–Kier alpha value is -1.92. The number of likely N-dealkylation sites (tertiary alicyclic amines) is 1. The molecule has 0 aromatic carbocycles. The summed E-state index contributed by atoms with van der Waals surface area (Å²) in [4.78, 5) is 30.5. The lowest BCUT2D eigenvalue weighted by Crippen LogP contribution is -2.44. The number of carbonyl (C=O) groups is 2. The summed E-state index contributed by atoms with van der Waals surface area (Å²) in [7, 11) is 0. The van der Waals surface area contributed by atoms with Crippen LogP contribution in [0.4, 0.5) is 0 Å². The van der Waals surface area contributed by atoms with Crippen molar-refractivity contribution in [2.45, 2.75) is 51.5 Å². The topological polar surface area (TPSA) is 80.1 Å². The standard InChI is InChI=1S/C17H27N5O2/c23-16(19-8-3-9-22-13-18-12-20-22)14-6-10-21(11-7-14)17(24)15-4-1-2-5-15/h12-15H,1-11H2,(H,19,23). The largest absolute Gasteiger partial charge is 0.356 e. The minimum atomic E-state index is 0.0454. The second kappa shape index (κ2) is 8.26. The van der Waals surface area contributed by atoms with E-state index in [1.165, 1.54) is 19.2 Å². The number of hydrogen-bond donors (Lipinski definition) is 1. The van der Waals surface area contributed by atoms with Gasteiger partial charge in [0.25, 0.3) is 0 Å². The zero-order valence-corrected chi connectivity index (χ0v) is 14.2. The van der Waals surface area contributed by atoms with Crippen LogP contribution in [0.3, 0.4) is 0 Å². The van der Waals surface area contributed by atoms with E-state index < -0.39 is 0 Å². The lowest BCUT2D eigenvalue weighted by Gasteiger charge is -2.33. The van der Waals surface area contributed by atoms with E-state index in [1.54, 1.807) is 11.0 Å². The van der Waals surface area contributed by atoms with Crippen LogP contribution in [0.2, 0.25) is 0 Å². The predicted octanol–water partition coefficient (Wildman–Crippen LogP) is 1.21. The van der Waals surface area contributed by atoms with Crippen LogP contribution >= 0.6 is 0 Å². The number of amides is 2. The van der Waals surface area contributed by atoms with Crippen LogP contribution in [-0.4, -0.2) is 51.1 Å². The summed E-state index contributed by atoms with van der Waals surface area (Å²) in [6.45, 7) is 2.87. The molecule has 132 valence electrons. The number of nitrogens with one attached hydrogen (secondary N) is 1. The number of carbonyl (C=O) groups excluding carboxylic acids is 2. The van der Waals surface area contributed by atoms with E-state index in [0.29, 0.717) is 12.5 Å². The van der Waals surface area contributed by atoms with Crippen molar-refractivity contribution in [1.82, 2.24) is 25.0 Å². The smallest absolute Gasteiger partial charge is 0.225 e. The quantitative estimate of drug-likeness (QED) is 0.794. The molecular formula is C17H27N5O2. The third-order valence-corrected chi connectivity index (χ3v) is 5.21. The predicted molar refractivity (Wildman–Crippen MR) is 88.9 cm³/mol. The third kappa shape index (κ3) is 4.33. The average Bonchev–Trinajstić information content (AvgIpc) is 3.31. The molecule has 2 fully saturated rings. The fraction of sp³-hybridized carbons (Fsp3) is 0.765. The lowest BCUT2D eigenvalue weighted by molar-refractivity contribution is -0.139. The molecule has 1 aliphatic carbocycles. The Labute approximate surface area is 142 Å². The third-order valence-electron chi connectivity index (χ3n) is 5.21. The van der Waals surface area contributed by atoms with E-state index in [-0.39, 0.29) is 17.7 Å². The molecule has 2 amide bonds. The summed E-state index contributed by atoms with van der Waals surface area (Å²) >= 11 is 0. The minimum absolute atomic E-state index is 0.0454. The molecule has 1 aromatic heterocycles. The Balaban J connectivity index is 1.33. The van der Waals surface area contributed by atoms with Crippen molar-refractivity contribution in [3.8, 4) is 0 Å². The van der Waals surface area contributed by atoms with E-state index in [2.05, 4.69) is 15.4 Å². The number of nitrogens with zero attached hydrogens (tertiary/aromatic N) is 4. The Morgan fingerprint density at radius 2 is 1.83 bits per heavy atom. The first-order chi connectivity index (χ1) is 11.7. The van der Waals surface area contributed by atoms with Crippen molar-refractivity contribution in [3.63, 3.8) is 0 Å². The molecule has 0 unspecified atom stereocenters. The molecule has 24 heavy (non-hydrogen) atoms. The Morgan fingerprint density at radius 1 is 1.08 bits per heavy atom. The highest BCUT2D eigenvalue weighted by molar-refractivity contribution is 5.81. The van der Waals surface area contributed by atoms with Gasteiger partial charge in [0.1, 0.15) is 12.7 Å². The van der Waals surface area contributed by atoms with Crippen molar-refractivity contribution in [2.24, 2.45) is 11.8 Å². The lowest BCUT2D eigenvalue weighted by atomic mass is 9.94. The molecule has 3 rings (SSSR count). The summed E-state index contributed by atoms with van der Waals surface area (Å²) in [5.41, 5.74) is 0. The maximum absolute atomic E-state index is 12.4. The van der Waals surface area contributed by atoms with E-state index in [1.807, 2.05) is 4.90 Å². The first-order valence-electron chi connectivity index (χ1n) is 9.13. The zero-order valence-electron chi connectivity index (χ0n) is 14.2. The summed E-state index contributed by atoms with van der Waals surface area (Å²) in [6.07, 6.45) is 10.1. The molecule has 2 aliphatic rings. The van der Waals surface area contributed by atoms with Gasteiger partial charge in [-0.1, -0.05) is 12.8 Å². The molecule has 1 saturated heterocycles. The van der Waals surface area contributed by atoms with Gasteiger partial charge in [0, 0.05) is 38.0 Å². The number of rotatable bonds is 6. The van der Waals surface area contributed by atoms with E-state index in [4.69, 9.17) is 0 Å². The van der Waals surface area contributed by atoms with Gasteiger partial charge in [-0.25, -0.2) is 4.98 Å². The molecule has 1 aromatic rings. The molecule has 1 aliphatic heterocycles. The van der Waals surface area contributed by atoms with E-state index in [0.717, 1.165) is 51.7 Å². The molecule has 0 atom stereocenters. The molecule has 1 saturated carbocycles. The highest BCUT2D eigenvalue weighted by Crippen LogP contribution is 2.28. The van der Waals surface area contributed by atoms with Gasteiger partial charge < -0.3 is 10.2 Å². The zero-order chi connectivity index (χ0) is 16.8. The molecule has 7 heteroatoms. The second-order valence-electron chi connectivity index (χ2n) is 6.88. The summed E-state index contributed by atoms with van der Waals surface area (Å²) in [6, 6.07) is 0. The SMILES string of the molecule is O=C(NCCCn1cncn1)C1CCN(C(=O)C2CCCC2)CC1. The van der Waals surface area contributed by atoms with Crippen molar-refractivity contribution in [1.29, 1.82) is 0 Å². The van der Waals surface area contributed by atoms with Gasteiger partial charge >= 0.3 is 0 Å². The molecule has 0 spiro atoms. The van der Waals surface area contributed by atoms with Crippen LogP contribution in [0.1, 0.15) is 44.9 Å². The Kier molecular flexibility index (Phi) is 5.82. The fourth-order valence-electron chi connectivity index (χ4n) is 3.74. The van der Waals surface area contributed by atoms with Gasteiger partial charge in [0.2, 0.25) is 11.8 Å². The minimum Gasteiger partial charge on any atom is -0.356 e. The molecular weight excluding hydrogens is 306 g/mol. The van der Waals surface area contributed by atoms with E-state index >= 15 is 0 Å². The normalized spacial score (nSPS) is 19.6. The maximum Gasteiger partial charge on any atom is 0.225 e. The number of piperidine rings is 1. The summed E-state index contributed by atoms with van der Waals surface area (Å²) in [5.74, 6) is 0.733. The molecule has 2 heterocycles. The summed E-state index contributed by atoms with van der Waals surface area (Å²) in [5, 5.41) is 7.05. The molecule has 0 radical (unpaired) electrons. The number of aromatic nitrogens is 3. The first-order valence-corrected chi connectivity index (χ1v) is 9.13. The van der Waals surface area contributed by atoms with Crippen molar-refractivity contribution < 1.29 is 9.59 Å². The van der Waals surface area contributed by atoms with Crippen molar-refractivity contribution in [3.05, 3.63) is 12.7 Å². The van der Waals surface area contributed by atoms with Gasteiger partial charge in [-0.3, -0.25) is 14.3 Å². The van der Waals surface area contributed by atoms with Gasteiger partial charge in [0.05, 0.1) is 0 Å². The van der Waals surface area contributed by atoms with Gasteiger partial charge in [-0.05, 0) is 32.1 Å². The van der Waals surface area contributed by atoms with E-state index in [9.17, 15) is 9.59 Å². The Morgan fingerprint density at radius 3 is 2.50 bits per heavy atom. The van der Waals surface area contributed by atoms with Crippen LogP contribution in [0, 0.1) is 11.8 Å². The molecule has 0 bridgehead atoms. The van der Waals surface area contributed by atoms with Crippen molar-refractivity contribution >= 4 is 11.8 Å². The van der Waals surface area contributed by atoms with Crippen LogP contribution in [-0.2, 0) is 16.1 Å². The summed E-state index contributed by atoms with van der Waals surface area (Å²) < 4.78 is 1.76. The average molecular weight is 333 g/mol. The number of hydrogen-bond acceptors (Lipinski definition) is 4. The van der Waals surface area contributed by atoms with Crippen LogP contribution in [0.5, 0.6) is 0 Å². The van der Waals surface area contributed by atoms with Gasteiger partial charge in [0.15, 0.2) is 0 Å².